The molecule has 1 aliphatic rings. The fourth-order valence-electron chi connectivity index (χ4n) is 3.56. The molecule has 0 spiro atoms. The molecule has 0 saturated carbocycles. The zero-order valence-corrected chi connectivity index (χ0v) is 16.0. The highest BCUT2D eigenvalue weighted by Crippen LogP contribution is 2.25. The second-order valence-electron chi connectivity index (χ2n) is 6.75. The Balaban J connectivity index is 1.86. The standard InChI is InChI=1S/C19H25N3O3S/c1-3-22-10-6-9-16(22)13-20-19(23)17-11-14-7-4-5-8-15(14)12-18(17)21-26(2,24)25/h4-5,7-8,11-12,16,21H,3,6,9-10,13H2,1-2H3,(H,20,23). The van der Waals surface area contributed by atoms with Crippen LogP contribution in [0.1, 0.15) is 30.1 Å². The third kappa shape index (κ3) is 4.34. The van der Waals surface area contributed by atoms with Gasteiger partial charge in [0.1, 0.15) is 0 Å². The summed E-state index contributed by atoms with van der Waals surface area (Å²) in [4.78, 5) is 15.1. The lowest BCUT2D eigenvalue weighted by Gasteiger charge is -2.23. The second-order valence-corrected chi connectivity index (χ2v) is 8.50. The van der Waals surface area contributed by atoms with E-state index in [9.17, 15) is 13.2 Å². The lowest BCUT2D eigenvalue weighted by molar-refractivity contribution is 0.0942. The molecule has 140 valence electrons. The van der Waals surface area contributed by atoms with Gasteiger partial charge in [-0.05, 0) is 48.8 Å². The second kappa shape index (κ2) is 7.63. The van der Waals surface area contributed by atoms with Crippen molar-refractivity contribution in [2.45, 2.75) is 25.8 Å². The molecule has 0 radical (unpaired) electrons. The first-order valence-corrected chi connectivity index (χ1v) is 10.8. The highest BCUT2D eigenvalue weighted by atomic mass is 32.2. The maximum Gasteiger partial charge on any atom is 0.253 e. The van der Waals surface area contributed by atoms with Crippen LogP contribution in [0.3, 0.4) is 0 Å². The van der Waals surface area contributed by atoms with Crippen LogP contribution in [0.4, 0.5) is 5.69 Å². The van der Waals surface area contributed by atoms with Gasteiger partial charge in [-0.2, -0.15) is 0 Å². The molecular weight excluding hydrogens is 350 g/mol. The number of carbonyl (C=O) groups excluding carboxylic acids is 1. The third-order valence-corrected chi connectivity index (χ3v) is 5.42. The minimum atomic E-state index is -3.48. The highest BCUT2D eigenvalue weighted by Gasteiger charge is 2.24. The number of benzene rings is 2. The number of carbonyl (C=O) groups is 1. The average molecular weight is 375 g/mol. The van der Waals surface area contributed by atoms with E-state index in [1.165, 1.54) is 0 Å². The minimum absolute atomic E-state index is 0.259. The van der Waals surface area contributed by atoms with E-state index < -0.39 is 10.0 Å². The van der Waals surface area contributed by atoms with E-state index in [1.807, 2.05) is 24.3 Å². The zero-order chi connectivity index (χ0) is 18.7. The maximum absolute atomic E-state index is 12.8. The van der Waals surface area contributed by atoms with E-state index in [-0.39, 0.29) is 5.91 Å². The van der Waals surface area contributed by atoms with E-state index >= 15 is 0 Å². The Morgan fingerprint density at radius 3 is 2.58 bits per heavy atom. The first-order valence-electron chi connectivity index (χ1n) is 8.90. The first kappa shape index (κ1) is 18.7. The van der Waals surface area contributed by atoms with E-state index in [0.717, 1.165) is 43.0 Å². The van der Waals surface area contributed by atoms with Crippen molar-refractivity contribution in [1.29, 1.82) is 0 Å². The van der Waals surface area contributed by atoms with Gasteiger partial charge in [-0.3, -0.25) is 14.4 Å². The monoisotopic (exact) mass is 375 g/mol. The summed E-state index contributed by atoms with van der Waals surface area (Å²) >= 11 is 0. The van der Waals surface area contributed by atoms with Crippen LogP contribution in [-0.2, 0) is 10.0 Å². The van der Waals surface area contributed by atoms with Crippen LogP contribution < -0.4 is 10.0 Å². The van der Waals surface area contributed by atoms with Crippen molar-refractivity contribution in [3.8, 4) is 0 Å². The number of likely N-dealkylation sites (N-methyl/N-ethyl adjacent to an activating group) is 1. The summed E-state index contributed by atoms with van der Waals surface area (Å²) in [7, 11) is -3.48. The van der Waals surface area contributed by atoms with Gasteiger partial charge in [0.05, 0.1) is 17.5 Å². The van der Waals surface area contributed by atoms with Crippen LogP contribution in [0.5, 0.6) is 0 Å². The van der Waals surface area contributed by atoms with Crippen LogP contribution in [0.15, 0.2) is 36.4 Å². The molecule has 1 heterocycles. The predicted octanol–water partition coefficient (Wildman–Crippen LogP) is 2.43. The molecule has 7 heteroatoms. The van der Waals surface area contributed by atoms with Gasteiger partial charge in [0.15, 0.2) is 0 Å². The molecule has 1 unspecified atom stereocenters. The molecule has 1 saturated heterocycles. The third-order valence-electron chi connectivity index (χ3n) is 4.83. The first-order chi connectivity index (χ1) is 12.4. The molecular formula is C19H25N3O3S. The molecule has 1 atom stereocenters. The summed E-state index contributed by atoms with van der Waals surface area (Å²) in [5.41, 5.74) is 0.651. The van der Waals surface area contributed by atoms with E-state index in [1.54, 1.807) is 12.1 Å². The number of nitrogens with zero attached hydrogens (tertiary/aromatic N) is 1. The van der Waals surface area contributed by atoms with Gasteiger partial charge in [0.25, 0.3) is 5.91 Å². The van der Waals surface area contributed by atoms with Crippen LogP contribution in [-0.4, -0.2) is 51.2 Å². The normalized spacial score (nSPS) is 18.2. The van der Waals surface area contributed by atoms with Crippen molar-refractivity contribution in [2.24, 2.45) is 0 Å². The molecule has 0 aliphatic carbocycles. The fraction of sp³-hybridized carbons (Fsp3) is 0.421. The molecule has 6 nitrogen and oxygen atoms in total. The highest BCUT2D eigenvalue weighted by molar-refractivity contribution is 7.92. The Kier molecular flexibility index (Phi) is 5.48. The summed E-state index contributed by atoms with van der Waals surface area (Å²) in [6.45, 7) is 4.72. The van der Waals surface area contributed by atoms with E-state index in [2.05, 4.69) is 21.9 Å². The van der Waals surface area contributed by atoms with Gasteiger partial charge in [-0.1, -0.05) is 31.2 Å². The van der Waals surface area contributed by atoms with Crippen LogP contribution in [0, 0.1) is 0 Å². The largest absolute Gasteiger partial charge is 0.350 e. The number of amides is 1. The summed E-state index contributed by atoms with van der Waals surface area (Å²) in [6.07, 6.45) is 3.30. The number of rotatable bonds is 6. The molecule has 2 aromatic carbocycles. The Bertz CT molecular complexity index is 911. The number of anilines is 1. The minimum Gasteiger partial charge on any atom is -0.350 e. The van der Waals surface area contributed by atoms with Crippen molar-refractivity contribution >= 4 is 32.4 Å². The van der Waals surface area contributed by atoms with Gasteiger partial charge in [-0.25, -0.2) is 8.42 Å². The molecule has 2 aromatic rings. The molecule has 0 bridgehead atoms. The SMILES string of the molecule is CCN1CCCC1CNC(=O)c1cc2ccccc2cc1NS(C)(=O)=O. The van der Waals surface area contributed by atoms with Crippen molar-refractivity contribution in [1.82, 2.24) is 10.2 Å². The number of likely N-dealkylation sites (tertiary alicyclic amines) is 1. The maximum atomic E-state index is 12.8. The lowest BCUT2D eigenvalue weighted by Crippen LogP contribution is -2.40. The van der Waals surface area contributed by atoms with Crippen LogP contribution in [0.25, 0.3) is 10.8 Å². The number of nitrogens with one attached hydrogen (secondary N) is 2. The number of hydrogen-bond donors (Lipinski definition) is 2. The smallest absolute Gasteiger partial charge is 0.253 e. The summed E-state index contributed by atoms with van der Waals surface area (Å²) < 4.78 is 25.9. The Morgan fingerprint density at radius 2 is 1.92 bits per heavy atom. The number of sulfonamides is 1. The van der Waals surface area contributed by atoms with E-state index in [0.29, 0.717) is 23.8 Å². The van der Waals surface area contributed by atoms with Crippen molar-refractivity contribution < 1.29 is 13.2 Å². The summed E-state index contributed by atoms with van der Waals surface area (Å²) in [5, 5.41) is 4.75. The van der Waals surface area contributed by atoms with Crippen molar-refractivity contribution in [2.75, 3.05) is 30.6 Å². The molecule has 1 amide bonds. The predicted molar refractivity (Wildman–Crippen MR) is 105 cm³/mol. The molecule has 0 aromatic heterocycles. The van der Waals surface area contributed by atoms with Crippen molar-refractivity contribution in [3.05, 3.63) is 42.0 Å². The molecule has 3 rings (SSSR count). The van der Waals surface area contributed by atoms with Gasteiger partial charge < -0.3 is 5.32 Å². The van der Waals surface area contributed by atoms with Crippen LogP contribution >= 0.6 is 0 Å². The molecule has 2 N–H and O–H groups in total. The van der Waals surface area contributed by atoms with Crippen LogP contribution in [0.2, 0.25) is 0 Å². The number of fused-ring (bicyclic) bond motifs is 1. The summed E-state index contributed by atoms with van der Waals surface area (Å²) in [6, 6.07) is 11.4. The van der Waals surface area contributed by atoms with Crippen molar-refractivity contribution in [3.63, 3.8) is 0 Å². The zero-order valence-electron chi connectivity index (χ0n) is 15.2. The van der Waals surface area contributed by atoms with Gasteiger partial charge in [0, 0.05) is 12.6 Å². The number of hydrogen-bond acceptors (Lipinski definition) is 4. The topological polar surface area (TPSA) is 78.5 Å². The molecule has 26 heavy (non-hydrogen) atoms. The molecule has 1 fully saturated rings. The van der Waals surface area contributed by atoms with Gasteiger partial charge in [-0.15, -0.1) is 0 Å². The van der Waals surface area contributed by atoms with Gasteiger partial charge >= 0.3 is 0 Å². The Morgan fingerprint density at radius 1 is 1.23 bits per heavy atom. The fourth-order valence-corrected chi connectivity index (χ4v) is 4.13. The van der Waals surface area contributed by atoms with E-state index in [4.69, 9.17) is 0 Å². The molecule has 1 aliphatic heterocycles. The quantitative estimate of drug-likeness (QED) is 0.813. The average Bonchev–Trinajstić information content (AvgIpc) is 3.05. The Hall–Kier alpha value is -2.12. The lowest BCUT2D eigenvalue weighted by atomic mass is 10.0. The van der Waals surface area contributed by atoms with Gasteiger partial charge in [0.2, 0.25) is 10.0 Å². The Labute approximate surface area is 154 Å². The summed E-state index contributed by atoms with van der Waals surface area (Å²) in [5.74, 6) is -0.259.